The van der Waals surface area contributed by atoms with Crippen LogP contribution in [0.4, 0.5) is 8.78 Å². The second-order valence-electron chi connectivity index (χ2n) is 7.22. The molecular formula is C13H23F2N. The van der Waals surface area contributed by atoms with Gasteiger partial charge in [0.25, 0.3) is 5.92 Å². The third kappa shape index (κ3) is 1.87. The van der Waals surface area contributed by atoms with Gasteiger partial charge in [-0.2, -0.15) is 0 Å². The summed E-state index contributed by atoms with van der Waals surface area (Å²) in [4.78, 5) is 0. The Morgan fingerprint density at radius 1 is 1.06 bits per heavy atom. The van der Waals surface area contributed by atoms with Crippen molar-refractivity contribution < 1.29 is 8.78 Å². The fourth-order valence-electron chi connectivity index (χ4n) is 3.14. The zero-order chi connectivity index (χ0) is 12.2. The second kappa shape index (κ2) is 3.18. The molecule has 0 aromatic heterocycles. The lowest BCUT2D eigenvalue weighted by Gasteiger charge is -2.72. The number of nitrogens with one attached hydrogen (secondary N) is 1. The van der Waals surface area contributed by atoms with Gasteiger partial charge in [0, 0.05) is 11.0 Å². The molecule has 0 heterocycles. The SMILES string of the molecule is CC(C)(C)CCNC12CC(C(C)(F)F)(C1)C2. The Balaban J connectivity index is 1.74. The summed E-state index contributed by atoms with van der Waals surface area (Å²) in [5.74, 6) is -2.49. The van der Waals surface area contributed by atoms with Gasteiger partial charge in [0.2, 0.25) is 0 Å². The first-order valence-electron chi connectivity index (χ1n) is 6.21. The van der Waals surface area contributed by atoms with Gasteiger partial charge in [-0.15, -0.1) is 0 Å². The monoisotopic (exact) mass is 231 g/mol. The minimum atomic E-state index is -2.49. The van der Waals surface area contributed by atoms with E-state index >= 15 is 0 Å². The zero-order valence-corrected chi connectivity index (χ0v) is 10.8. The Morgan fingerprint density at radius 3 is 1.94 bits per heavy atom. The molecule has 3 rings (SSSR count). The molecular weight excluding hydrogens is 208 g/mol. The molecule has 0 aromatic carbocycles. The van der Waals surface area contributed by atoms with Crippen LogP contribution in [0.1, 0.15) is 53.4 Å². The van der Waals surface area contributed by atoms with Crippen molar-refractivity contribution in [3.8, 4) is 0 Å². The van der Waals surface area contributed by atoms with Gasteiger partial charge in [-0.1, -0.05) is 20.8 Å². The first kappa shape index (κ1) is 12.3. The lowest BCUT2D eigenvalue weighted by atomic mass is 9.37. The van der Waals surface area contributed by atoms with Crippen LogP contribution in [-0.2, 0) is 0 Å². The van der Waals surface area contributed by atoms with E-state index in [2.05, 4.69) is 26.1 Å². The largest absolute Gasteiger partial charge is 0.311 e. The zero-order valence-electron chi connectivity index (χ0n) is 10.8. The predicted molar refractivity (Wildman–Crippen MR) is 61.7 cm³/mol. The minimum Gasteiger partial charge on any atom is -0.311 e. The smallest absolute Gasteiger partial charge is 0.251 e. The summed E-state index contributed by atoms with van der Waals surface area (Å²) >= 11 is 0. The molecule has 3 aliphatic rings. The average molecular weight is 231 g/mol. The molecule has 0 unspecified atom stereocenters. The molecule has 0 radical (unpaired) electrons. The second-order valence-corrected chi connectivity index (χ2v) is 7.22. The maximum atomic E-state index is 13.2. The van der Waals surface area contributed by atoms with E-state index in [0.717, 1.165) is 19.9 Å². The molecule has 94 valence electrons. The van der Waals surface area contributed by atoms with E-state index in [4.69, 9.17) is 0 Å². The highest BCUT2D eigenvalue weighted by molar-refractivity contribution is 5.26. The first-order valence-corrected chi connectivity index (χ1v) is 6.21. The van der Waals surface area contributed by atoms with E-state index < -0.39 is 11.3 Å². The summed E-state index contributed by atoms with van der Waals surface area (Å²) in [6.45, 7) is 8.65. The summed E-state index contributed by atoms with van der Waals surface area (Å²) < 4.78 is 26.5. The van der Waals surface area contributed by atoms with Crippen molar-refractivity contribution in [3.63, 3.8) is 0 Å². The van der Waals surface area contributed by atoms with Crippen LogP contribution in [0.3, 0.4) is 0 Å². The molecule has 16 heavy (non-hydrogen) atoms. The molecule has 3 fully saturated rings. The summed E-state index contributed by atoms with van der Waals surface area (Å²) in [7, 11) is 0. The Hall–Kier alpha value is -0.180. The molecule has 3 heteroatoms. The lowest BCUT2D eigenvalue weighted by Crippen LogP contribution is -2.78. The van der Waals surface area contributed by atoms with Crippen molar-refractivity contribution in [1.29, 1.82) is 0 Å². The Morgan fingerprint density at radius 2 is 1.56 bits per heavy atom. The van der Waals surface area contributed by atoms with Crippen LogP contribution >= 0.6 is 0 Å². The van der Waals surface area contributed by atoms with E-state index in [9.17, 15) is 8.78 Å². The molecule has 1 nitrogen and oxygen atoms in total. The van der Waals surface area contributed by atoms with Crippen LogP contribution in [0.25, 0.3) is 0 Å². The third-order valence-electron chi connectivity index (χ3n) is 4.34. The molecule has 3 aliphatic carbocycles. The summed E-state index contributed by atoms with van der Waals surface area (Å²) in [6, 6.07) is 0. The van der Waals surface area contributed by atoms with Crippen molar-refractivity contribution in [2.45, 2.75) is 64.8 Å². The predicted octanol–water partition coefficient (Wildman–Crippen LogP) is 3.59. The molecule has 1 N–H and O–H groups in total. The van der Waals surface area contributed by atoms with Crippen molar-refractivity contribution >= 4 is 0 Å². The van der Waals surface area contributed by atoms with Gasteiger partial charge in [0.1, 0.15) is 0 Å². The van der Waals surface area contributed by atoms with Crippen molar-refractivity contribution in [3.05, 3.63) is 0 Å². The van der Waals surface area contributed by atoms with Crippen molar-refractivity contribution in [2.75, 3.05) is 6.54 Å². The Bertz CT molecular complexity index is 266. The maximum absolute atomic E-state index is 13.2. The van der Waals surface area contributed by atoms with Gasteiger partial charge in [-0.25, -0.2) is 8.78 Å². The standard InChI is InChI=1S/C13H23F2N/c1-10(2,3)5-6-16-13-7-12(8-13,9-13)11(4,14)15/h16H,5-9H2,1-4H3. The highest BCUT2D eigenvalue weighted by Crippen LogP contribution is 2.72. The number of rotatable bonds is 4. The maximum Gasteiger partial charge on any atom is 0.251 e. The fraction of sp³-hybridized carbons (Fsp3) is 1.00. The molecule has 0 aliphatic heterocycles. The molecule has 0 amide bonds. The van der Waals surface area contributed by atoms with Gasteiger partial charge < -0.3 is 5.32 Å². The van der Waals surface area contributed by atoms with Crippen molar-refractivity contribution in [2.24, 2.45) is 10.8 Å². The van der Waals surface area contributed by atoms with Crippen LogP contribution in [0.15, 0.2) is 0 Å². The molecule has 0 saturated heterocycles. The quantitative estimate of drug-likeness (QED) is 0.779. The lowest BCUT2D eigenvalue weighted by molar-refractivity contribution is -0.277. The highest BCUT2D eigenvalue weighted by Gasteiger charge is 2.75. The number of halogens is 2. The Labute approximate surface area is 97.0 Å². The molecule has 3 saturated carbocycles. The van der Waals surface area contributed by atoms with Gasteiger partial charge >= 0.3 is 0 Å². The molecule has 0 spiro atoms. The number of hydrogen-bond donors (Lipinski definition) is 1. The van der Waals surface area contributed by atoms with Crippen LogP contribution in [0, 0.1) is 10.8 Å². The van der Waals surface area contributed by atoms with Gasteiger partial charge in [-0.3, -0.25) is 0 Å². The molecule has 0 atom stereocenters. The topological polar surface area (TPSA) is 12.0 Å². The highest BCUT2D eigenvalue weighted by atomic mass is 19.3. The minimum absolute atomic E-state index is 0.0741. The fourth-order valence-corrected chi connectivity index (χ4v) is 3.14. The van der Waals surface area contributed by atoms with Crippen LogP contribution in [0.2, 0.25) is 0 Å². The first-order chi connectivity index (χ1) is 7.08. The third-order valence-corrected chi connectivity index (χ3v) is 4.34. The van der Waals surface area contributed by atoms with Gasteiger partial charge in [0.05, 0.1) is 0 Å². The van der Waals surface area contributed by atoms with E-state index in [1.54, 1.807) is 0 Å². The number of hydrogen-bond acceptors (Lipinski definition) is 1. The van der Waals surface area contributed by atoms with Crippen LogP contribution in [-0.4, -0.2) is 18.0 Å². The Kier molecular flexibility index (Phi) is 2.44. The van der Waals surface area contributed by atoms with E-state index in [1.165, 1.54) is 0 Å². The molecule has 2 bridgehead atoms. The normalized spacial score (nSPS) is 37.9. The van der Waals surface area contributed by atoms with E-state index in [-0.39, 0.29) is 5.54 Å². The van der Waals surface area contributed by atoms with Crippen LogP contribution < -0.4 is 5.32 Å². The summed E-state index contributed by atoms with van der Waals surface area (Å²) in [6.07, 6.45) is 3.12. The average Bonchev–Trinajstić information content (AvgIpc) is 1.85. The molecule has 0 aromatic rings. The summed E-state index contributed by atoms with van der Waals surface area (Å²) in [5, 5.41) is 3.48. The van der Waals surface area contributed by atoms with Crippen molar-refractivity contribution in [1.82, 2.24) is 5.32 Å². The van der Waals surface area contributed by atoms with Crippen LogP contribution in [0.5, 0.6) is 0 Å². The van der Waals surface area contributed by atoms with E-state index in [0.29, 0.717) is 24.7 Å². The number of alkyl halides is 2. The summed E-state index contributed by atoms with van der Waals surface area (Å²) in [5.41, 5.74) is -0.255. The van der Waals surface area contributed by atoms with Gasteiger partial charge in [0.15, 0.2) is 0 Å². The van der Waals surface area contributed by atoms with E-state index in [1.807, 2.05) is 0 Å². The van der Waals surface area contributed by atoms with Gasteiger partial charge in [-0.05, 0) is 44.6 Å².